The molecule has 2 heterocycles. The molecule has 2 aromatic carbocycles. The molecule has 0 radical (unpaired) electrons. The summed E-state index contributed by atoms with van der Waals surface area (Å²) < 4.78 is 16.7. The smallest absolute Gasteiger partial charge is 0.158 e. The zero-order chi connectivity index (χ0) is 23.3. The van der Waals surface area contributed by atoms with E-state index in [4.69, 9.17) is 14.2 Å². The molecule has 5 rings (SSSR count). The number of ether oxygens (including phenoxy) is 3. The van der Waals surface area contributed by atoms with Crippen molar-refractivity contribution in [2.75, 3.05) is 19.6 Å². The summed E-state index contributed by atoms with van der Waals surface area (Å²) in [5.74, 6) is 3.00. The lowest BCUT2D eigenvalue weighted by molar-refractivity contribution is 0.294. The van der Waals surface area contributed by atoms with Gasteiger partial charge in [0.05, 0.1) is 25.8 Å². The Kier molecular flexibility index (Phi) is 6.58. The second kappa shape index (κ2) is 10.1. The molecule has 34 heavy (non-hydrogen) atoms. The van der Waals surface area contributed by atoms with Gasteiger partial charge in [-0.3, -0.25) is 5.43 Å². The topological polar surface area (TPSA) is 77.9 Å². The summed E-state index contributed by atoms with van der Waals surface area (Å²) in [5.41, 5.74) is 6.37. The SMILES string of the molecule is COc1cccc(OCc2cc(C=NNc3ncnc4sc5c(c34)CCCC5)ccc2OC)c1. The third kappa shape index (κ3) is 4.68. The van der Waals surface area contributed by atoms with Crippen molar-refractivity contribution >= 4 is 33.6 Å². The number of aryl methyl sites for hydroxylation is 2. The predicted molar refractivity (Wildman–Crippen MR) is 136 cm³/mol. The number of benzene rings is 2. The highest BCUT2D eigenvalue weighted by Gasteiger charge is 2.19. The van der Waals surface area contributed by atoms with E-state index >= 15 is 0 Å². The number of nitrogens with zero attached hydrogens (tertiary/aromatic N) is 3. The molecule has 0 saturated heterocycles. The van der Waals surface area contributed by atoms with Crippen LogP contribution < -0.4 is 19.6 Å². The van der Waals surface area contributed by atoms with Crippen molar-refractivity contribution in [2.24, 2.45) is 5.10 Å². The third-order valence-corrected chi connectivity index (χ3v) is 7.08. The maximum atomic E-state index is 5.96. The fourth-order valence-corrected chi connectivity index (χ4v) is 5.42. The Labute approximate surface area is 202 Å². The van der Waals surface area contributed by atoms with Crippen molar-refractivity contribution in [1.29, 1.82) is 0 Å². The van der Waals surface area contributed by atoms with E-state index in [1.807, 2.05) is 42.5 Å². The minimum Gasteiger partial charge on any atom is -0.497 e. The largest absolute Gasteiger partial charge is 0.497 e. The normalized spacial score (nSPS) is 13.1. The molecule has 0 bridgehead atoms. The van der Waals surface area contributed by atoms with Crippen molar-refractivity contribution in [1.82, 2.24) is 9.97 Å². The second-order valence-corrected chi connectivity index (χ2v) is 9.11. The number of hydrazone groups is 1. The van der Waals surface area contributed by atoms with Crippen LogP contribution in [0.4, 0.5) is 5.82 Å². The molecule has 0 saturated carbocycles. The first-order chi connectivity index (χ1) is 16.7. The van der Waals surface area contributed by atoms with E-state index in [0.717, 1.165) is 57.3 Å². The molecular formula is C26H26N4O3S. The summed E-state index contributed by atoms with van der Waals surface area (Å²) in [6, 6.07) is 13.4. The van der Waals surface area contributed by atoms with Crippen LogP contribution in [-0.4, -0.2) is 30.4 Å². The van der Waals surface area contributed by atoms with Crippen LogP contribution in [0, 0.1) is 0 Å². The highest BCUT2D eigenvalue weighted by atomic mass is 32.1. The molecule has 1 aliphatic carbocycles. The first-order valence-electron chi connectivity index (χ1n) is 11.2. The van der Waals surface area contributed by atoms with Crippen LogP contribution in [0.3, 0.4) is 0 Å². The van der Waals surface area contributed by atoms with E-state index in [2.05, 4.69) is 20.5 Å². The van der Waals surface area contributed by atoms with Crippen LogP contribution >= 0.6 is 11.3 Å². The number of aromatic nitrogens is 2. The van der Waals surface area contributed by atoms with Crippen molar-refractivity contribution in [3.8, 4) is 17.2 Å². The van der Waals surface area contributed by atoms with Gasteiger partial charge in [0, 0.05) is 16.5 Å². The third-order valence-electron chi connectivity index (χ3n) is 5.88. The molecule has 0 fully saturated rings. The maximum absolute atomic E-state index is 5.96. The van der Waals surface area contributed by atoms with Crippen LogP contribution in [0.2, 0.25) is 0 Å². The fourth-order valence-electron chi connectivity index (χ4n) is 4.19. The van der Waals surface area contributed by atoms with E-state index < -0.39 is 0 Å². The minimum absolute atomic E-state index is 0.360. The number of methoxy groups -OCH3 is 2. The van der Waals surface area contributed by atoms with Crippen LogP contribution in [0.15, 0.2) is 53.9 Å². The molecule has 174 valence electrons. The number of rotatable bonds is 8. The van der Waals surface area contributed by atoms with Crippen molar-refractivity contribution in [2.45, 2.75) is 32.3 Å². The van der Waals surface area contributed by atoms with E-state index in [1.54, 1.807) is 38.1 Å². The molecule has 8 heteroatoms. The van der Waals surface area contributed by atoms with Gasteiger partial charge in [0.15, 0.2) is 5.82 Å². The Morgan fingerprint density at radius 2 is 1.91 bits per heavy atom. The Bertz CT molecular complexity index is 1340. The molecule has 0 aliphatic heterocycles. The standard InChI is InChI=1S/C26H26N4O3S/c1-31-19-6-5-7-20(13-19)33-15-18-12-17(10-11-22(18)32-2)14-29-30-25-24-21-8-3-4-9-23(21)34-26(24)28-16-27-25/h5-7,10-14,16H,3-4,8-9,15H2,1-2H3,(H,27,28,30). The van der Waals surface area contributed by atoms with Crippen LogP contribution in [0.25, 0.3) is 10.2 Å². The van der Waals surface area contributed by atoms with Crippen LogP contribution in [0.1, 0.15) is 34.4 Å². The zero-order valence-corrected chi connectivity index (χ0v) is 20.0. The van der Waals surface area contributed by atoms with Crippen molar-refractivity contribution < 1.29 is 14.2 Å². The molecule has 0 spiro atoms. The molecule has 0 atom stereocenters. The summed E-state index contributed by atoms with van der Waals surface area (Å²) >= 11 is 1.78. The van der Waals surface area contributed by atoms with Gasteiger partial charge in [-0.15, -0.1) is 11.3 Å². The van der Waals surface area contributed by atoms with Crippen LogP contribution in [0.5, 0.6) is 17.2 Å². The maximum Gasteiger partial charge on any atom is 0.158 e. The van der Waals surface area contributed by atoms with Gasteiger partial charge in [-0.1, -0.05) is 6.07 Å². The van der Waals surface area contributed by atoms with E-state index in [0.29, 0.717) is 6.61 Å². The average Bonchev–Trinajstić information content (AvgIpc) is 3.27. The summed E-state index contributed by atoms with van der Waals surface area (Å²) in [6.45, 7) is 0.360. The molecule has 4 aromatic rings. The molecule has 0 unspecified atom stereocenters. The highest BCUT2D eigenvalue weighted by Crippen LogP contribution is 2.38. The van der Waals surface area contributed by atoms with Gasteiger partial charge in [-0.05, 0) is 67.1 Å². The summed E-state index contributed by atoms with van der Waals surface area (Å²) in [7, 11) is 3.29. The van der Waals surface area contributed by atoms with Gasteiger partial charge < -0.3 is 14.2 Å². The predicted octanol–water partition coefficient (Wildman–Crippen LogP) is 5.61. The van der Waals surface area contributed by atoms with E-state index in [-0.39, 0.29) is 0 Å². The Morgan fingerprint density at radius 3 is 2.79 bits per heavy atom. The first kappa shape index (κ1) is 22.2. The molecule has 0 amide bonds. The average molecular weight is 475 g/mol. The van der Waals surface area contributed by atoms with Crippen molar-refractivity contribution in [3.05, 3.63) is 70.4 Å². The number of hydrogen-bond acceptors (Lipinski definition) is 8. The number of anilines is 1. The highest BCUT2D eigenvalue weighted by molar-refractivity contribution is 7.19. The molecule has 1 N–H and O–H groups in total. The monoisotopic (exact) mass is 474 g/mol. The molecule has 7 nitrogen and oxygen atoms in total. The van der Waals surface area contributed by atoms with Gasteiger partial charge in [0.25, 0.3) is 0 Å². The summed E-state index contributed by atoms with van der Waals surface area (Å²) in [6.07, 6.45) is 8.05. The fraction of sp³-hybridized carbons (Fsp3) is 0.269. The van der Waals surface area contributed by atoms with E-state index in [9.17, 15) is 0 Å². The molecule has 1 aliphatic rings. The van der Waals surface area contributed by atoms with Crippen molar-refractivity contribution in [3.63, 3.8) is 0 Å². The van der Waals surface area contributed by atoms with Crippen LogP contribution in [-0.2, 0) is 19.4 Å². The quantitative estimate of drug-likeness (QED) is 0.264. The Balaban J connectivity index is 1.33. The number of thiophene rings is 1. The number of fused-ring (bicyclic) bond motifs is 3. The van der Waals surface area contributed by atoms with Gasteiger partial charge in [-0.25, -0.2) is 9.97 Å². The number of hydrogen-bond donors (Lipinski definition) is 1. The first-order valence-corrected chi connectivity index (χ1v) is 12.0. The van der Waals surface area contributed by atoms with Gasteiger partial charge in [0.1, 0.15) is 35.0 Å². The lowest BCUT2D eigenvalue weighted by atomic mass is 9.97. The lowest BCUT2D eigenvalue weighted by Crippen LogP contribution is -2.02. The minimum atomic E-state index is 0.360. The van der Waals surface area contributed by atoms with Gasteiger partial charge in [-0.2, -0.15) is 5.10 Å². The zero-order valence-electron chi connectivity index (χ0n) is 19.2. The van der Waals surface area contributed by atoms with Gasteiger partial charge >= 0.3 is 0 Å². The second-order valence-electron chi connectivity index (χ2n) is 8.02. The van der Waals surface area contributed by atoms with Gasteiger partial charge in [0.2, 0.25) is 0 Å². The summed E-state index contributed by atoms with van der Waals surface area (Å²) in [4.78, 5) is 11.4. The van der Waals surface area contributed by atoms with E-state index in [1.165, 1.54) is 23.3 Å². The lowest BCUT2D eigenvalue weighted by Gasteiger charge is -2.12. The summed E-state index contributed by atoms with van der Waals surface area (Å²) in [5, 5.41) is 5.58. The molecular weight excluding hydrogens is 448 g/mol. The molecule has 2 aromatic heterocycles. The number of nitrogens with one attached hydrogen (secondary N) is 1. The Morgan fingerprint density at radius 1 is 1.03 bits per heavy atom. The Hall–Kier alpha value is -3.65.